The first kappa shape index (κ1) is 17.5. The number of aromatic nitrogens is 1. The molecule has 0 bridgehead atoms. The fourth-order valence-corrected chi connectivity index (χ4v) is 2.32. The van der Waals surface area contributed by atoms with Crippen LogP contribution in [0.1, 0.15) is 16.1 Å². The summed E-state index contributed by atoms with van der Waals surface area (Å²) in [6.45, 7) is -0.0549. The van der Waals surface area contributed by atoms with Crippen LogP contribution >= 0.6 is 11.6 Å². The minimum Gasteiger partial charge on any atom is -0.454 e. The summed E-state index contributed by atoms with van der Waals surface area (Å²) in [6.07, 6.45) is 0. The van der Waals surface area contributed by atoms with Crippen LogP contribution in [0, 0.1) is 0 Å². The van der Waals surface area contributed by atoms with Crippen molar-refractivity contribution >= 4 is 29.3 Å². The number of nitrogens with zero attached hydrogens (tertiary/aromatic N) is 1. The third-order valence-electron chi connectivity index (χ3n) is 3.43. The summed E-state index contributed by atoms with van der Waals surface area (Å²) >= 11 is 5.85. The quantitative estimate of drug-likeness (QED) is 0.662. The van der Waals surface area contributed by atoms with E-state index in [-0.39, 0.29) is 6.61 Å². The van der Waals surface area contributed by atoms with Crippen LogP contribution in [0.2, 0.25) is 5.02 Å². The van der Waals surface area contributed by atoms with E-state index in [4.69, 9.17) is 26.6 Å². The van der Waals surface area contributed by atoms with Crippen LogP contribution in [-0.2, 0) is 11.3 Å². The van der Waals surface area contributed by atoms with Gasteiger partial charge in [0.05, 0.1) is 5.56 Å². The largest absolute Gasteiger partial charge is 0.454 e. The number of halogens is 1. The fraction of sp³-hybridized carbons (Fsp3) is 0.0556. The van der Waals surface area contributed by atoms with Crippen LogP contribution in [0.3, 0.4) is 0 Å². The number of ether oxygens (including phenoxy) is 1. The molecule has 8 heteroatoms. The number of benzene rings is 2. The number of carbonyl (C=O) groups is 2. The Morgan fingerprint density at radius 2 is 1.81 bits per heavy atom. The van der Waals surface area contributed by atoms with E-state index in [0.29, 0.717) is 27.7 Å². The van der Waals surface area contributed by atoms with Gasteiger partial charge >= 0.3 is 12.0 Å². The molecule has 26 heavy (non-hydrogen) atoms. The van der Waals surface area contributed by atoms with Gasteiger partial charge in [0.25, 0.3) is 0 Å². The molecule has 0 aliphatic carbocycles. The second kappa shape index (κ2) is 7.71. The lowest BCUT2D eigenvalue weighted by atomic mass is 10.1. The summed E-state index contributed by atoms with van der Waals surface area (Å²) in [6, 6.07) is 14.3. The van der Waals surface area contributed by atoms with Crippen LogP contribution in [0.4, 0.5) is 10.5 Å². The van der Waals surface area contributed by atoms with E-state index in [2.05, 4.69) is 10.5 Å². The molecule has 2 amide bonds. The molecular weight excluding hydrogens is 358 g/mol. The summed E-state index contributed by atoms with van der Waals surface area (Å²) in [5, 5.41) is 6.98. The van der Waals surface area contributed by atoms with Crippen LogP contribution in [0.15, 0.2) is 59.1 Å². The van der Waals surface area contributed by atoms with Gasteiger partial charge < -0.3 is 20.3 Å². The lowest BCUT2D eigenvalue weighted by Gasteiger charge is -2.04. The van der Waals surface area contributed by atoms with Crippen molar-refractivity contribution in [3.05, 3.63) is 70.9 Å². The maximum absolute atomic E-state index is 12.1. The Kier molecular flexibility index (Phi) is 5.19. The van der Waals surface area contributed by atoms with Gasteiger partial charge in [0.2, 0.25) is 0 Å². The lowest BCUT2D eigenvalue weighted by Crippen LogP contribution is -2.19. The first-order chi connectivity index (χ1) is 12.5. The van der Waals surface area contributed by atoms with E-state index >= 15 is 0 Å². The second-order valence-corrected chi connectivity index (χ2v) is 5.76. The highest BCUT2D eigenvalue weighted by Gasteiger charge is 2.11. The molecule has 0 spiro atoms. The molecule has 0 saturated heterocycles. The molecule has 2 aromatic carbocycles. The minimum atomic E-state index is -0.679. The molecule has 0 saturated carbocycles. The molecule has 132 valence electrons. The van der Waals surface area contributed by atoms with Crippen LogP contribution in [0.5, 0.6) is 0 Å². The molecule has 3 N–H and O–H groups in total. The highest BCUT2D eigenvalue weighted by atomic mass is 35.5. The normalized spacial score (nSPS) is 10.3. The third-order valence-corrected chi connectivity index (χ3v) is 3.68. The monoisotopic (exact) mass is 371 g/mol. The molecule has 7 nitrogen and oxygen atoms in total. The van der Waals surface area contributed by atoms with Gasteiger partial charge in [0, 0.05) is 22.3 Å². The Labute approximate surface area is 153 Å². The highest BCUT2D eigenvalue weighted by Crippen LogP contribution is 2.21. The van der Waals surface area contributed by atoms with Gasteiger partial charge in [0.1, 0.15) is 5.69 Å². The van der Waals surface area contributed by atoms with Gasteiger partial charge in [-0.2, -0.15) is 0 Å². The van der Waals surface area contributed by atoms with Crippen LogP contribution in [-0.4, -0.2) is 17.2 Å². The molecule has 0 aliphatic heterocycles. The van der Waals surface area contributed by atoms with Crippen molar-refractivity contribution in [3.8, 4) is 11.3 Å². The average molecular weight is 372 g/mol. The number of nitrogens with two attached hydrogens (primary N) is 1. The summed E-state index contributed by atoms with van der Waals surface area (Å²) in [4.78, 5) is 22.8. The van der Waals surface area contributed by atoms with Crippen LogP contribution in [0.25, 0.3) is 11.3 Å². The zero-order valence-corrected chi connectivity index (χ0v) is 14.2. The van der Waals surface area contributed by atoms with E-state index in [1.165, 1.54) is 12.1 Å². The molecule has 3 rings (SSSR count). The fourth-order valence-electron chi connectivity index (χ4n) is 2.19. The number of nitrogens with one attached hydrogen (secondary N) is 1. The topological polar surface area (TPSA) is 107 Å². The smallest absolute Gasteiger partial charge is 0.338 e. The number of esters is 1. The molecule has 1 heterocycles. The van der Waals surface area contributed by atoms with Crippen molar-refractivity contribution in [2.45, 2.75) is 6.61 Å². The molecule has 0 atom stereocenters. The first-order valence-electron chi connectivity index (χ1n) is 7.56. The molecule has 0 unspecified atom stereocenters. The Morgan fingerprint density at radius 3 is 2.46 bits per heavy atom. The van der Waals surface area contributed by atoms with Crippen molar-refractivity contribution in [1.82, 2.24) is 5.16 Å². The van der Waals surface area contributed by atoms with Gasteiger partial charge in [-0.05, 0) is 36.4 Å². The van der Waals surface area contributed by atoms with Gasteiger partial charge in [-0.3, -0.25) is 0 Å². The van der Waals surface area contributed by atoms with Crippen molar-refractivity contribution in [3.63, 3.8) is 0 Å². The Hall–Kier alpha value is -3.32. The maximum atomic E-state index is 12.1. The van der Waals surface area contributed by atoms with Crippen molar-refractivity contribution in [1.29, 1.82) is 0 Å². The summed E-state index contributed by atoms with van der Waals surface area (Å²) in [7, 11) is 0. The van der Waals surface area contributed by atoms with Gasteiger partial charge in [-0.1, -0.05) is 28.9 Å². The van der Waals surface area contributed by atoms with E-state index in [1.807, 2.05) is 12.1 Å². The number of urea groups is 1. The summed E-state index contributed by atoms with van der Waals surface area (Å²) in [5.74, 6) is -0.115. The standard InChI is InChI=1S/C18H14ClN3O4/c19-13-5-1-11(2-6-13)16-9-15(26-22-16)10-25-17(23)12-3-7-14(8-4-12)21-18(20)24/h1-9H,10H2,(H3,20,21,24). The van der Waals surface area contributed by atoms with Crippen molar-refractivity contribution in [2.24, 2.45) is 5.73 Å². The predicted octanol–water partition coefficient (Wildman–Crippen LogP) is 3.84. The number of hydrogen-bond donors (Lipinski definition) is 2. The molecule has 0 aliphatic rings. The summed E-state index contributed by atoms with van der Waals surface area (Å²) < 4.78 is 10.4. The van der Waals surface area contributed by atoms with Crippen molar-refractivity contribution < 1.29 is 18.8 Å². The minimum absolute atomic E-state index is 0.0549. The number of carbonyl (C=O) groups excluding carboxylic acids is 2. The number of hydrogen-bond acceptors (Lipinski definition) is 5. The van der Waals surface area contributed by atoms with Crippen molar-refractivity contribution in [2.75, 3.05) is 5.32 Å². The number of primary amides is 1. The van der Waals surface area contributed by atoms with E-state index in [1.54, 1.807) is 30.3 Å². The SMILES string of the molecule is NC(=O)Nc1ccc(C(=O)OCc2cc(-c3ccc(Cl)cc3)no2)cc1. The zero-order chi connectivity index (χ0) is 18.5. The Bertz CT molecular complexity index is 920. The predicted molar refractivity (Wildman–Crippen MR) is 95.7 cm³/mol. The van der Waals surface area contributed by atoms with Crippen LogP contribution < -0.4 is 11.1 Å². The van der Waals surface area contributed by atoms with E-state index in [9.17, 15) is 9.59 Å². The van der Waals surface area contributed by atoms with E-state index < -0.39 is 12.0 Å². The number of rotatable bonds is 5. The first-order valence-corrected chi connectivity index (χ1v) is 7.94. The second-order valence-electron chi connectivity index (χ2n) is 5.33. The molecule has 0 radical (unpaired) electrons. The van der Waals surface area contributed by atoms with E-state index in [0.717, 1.165) is 5.56 Å². The molecule has 1 aromatic heterocycles. The number of amides is 2. The average Bonchev–Trinajstić information content (AvgIpc) is 3.09. The van der Waals surface area contributed by atoms with Gasteiger partial charge in [-0.15, -0.1) is 0 Å². The number of anilines is 1. The summed E-state index contributed by atoms with van der Waals surface area (Å²) in [5.41, 5.74) is 7.30. The lowest BCUT2D eigenvalue weighted by molar-refractivity contribution is 0.0437. The van der Waals surface area contributed by atoms with Gasteiger partial charge in [0.15, 0.2) is 12.4 Å². The molecule has 0 fully saturated rings. The maximum Gasteiger partial charge on any atom is 0.338 e. The molecule has 3 aromatic rings. The highest BCUT2D eigenvalue weighted by molar-refractivity contribution is 6.30. The third kappa shape index (κ3) is 4.40. The molecular formula is C18H14ClN3O4. The Morgan fingerprint density at radius 1 is 1.12 bits per heavy atom. The zero-order valence-electron chi connectivity index (χ0n) is 13.4. The van der Waals surface area contributed by atoms with Gasteiger partial charge in [-0.25, -0.2) is 9.59 Å². The Balaban J connectivity index is 1.59.